The van der Waals surface area contributed by atoms with E-state index in [4.69, 9.17) is 5.11 Å². The number of benzene rings is 1. The summed E-state index contributed by atoms with van der Waals surface area (Å²) in [5.41, 5.74) is 1.84. The van der Waals surface area contributed by atoms with Gasteiger partial charge in [-0.3, -0.25) is 9.59 Å². The number of aryl methyl sites for hydroxylation is 1. The van der Waals surface area contributed by atoms with Crippen LogP contribution in [0.4, 0.5) is 0 Å². The second-order valence-electron chi connectivity index (χ2n) is 4.19. The number of hydrogen-bond donors (Lipinski definition) is 3. The van der Waals surface area contributed by atoms with Gasteiger partial charge in [-0.05, 0) is 43.1 Å². The van der Waals surface area contributed by atoms with E-state index in [0.717, 1.165) is 5.39 Å². The number of fused-ring (bicyclic) bond motifs is 1. The molecule has 0 spiro atoms. The number of H-pyrrole nitrogens is 1. The molecule has 0 saturated heterocycles. The summed E-state index contributed by atoms with van der Waals surface area (Å²) >= 11 is 0. The number of carboxylic acid groups (broad SMARTS) is 1. The van der Waals surface area contributed by atoms with E-state index in [1.165, 1.54) is 0 Å². The Hall–Kier alpha value is -2.14. The fourth-order valence-electron chi connectivity index (χ4n) is 1.95. The van der Waals surface area contributed by atoms with Gasteiger partial charge in [0.05, 0.1) is 0 Å². The number of aliphatic carboxylic acids is 1. The van der Waals surface area contributed by atoms with E-state index >= 15 is 0 Å². The average Bonchev–Trinajstić information content (AvgIpc) is 2.31. The summed E-state index contributed by atoms with van der Waals surface area (Å²) in [5.74, 6) is -0.932. The van der Waals surface area contributed by atoms with Crippen LogP contribution in [0.5, 0.6) is 0 Å². The van der Waals surface area contributed by atoms with E-state index in [2.05, 4.69) is 10.3 Å². The Kier molecular flexibility index (Phi) is 3.16. The van der Waals surface area contributed by atoms with E-state index in [0.29, 0.717) is 16.6 Å². The number of likely N-dealkylation sites (N-methyl/N-ethyl adjacent to an activating group) is 1. The first-order chi connectivity index (χ1) is 8.52. The number of pyridine rings is 1. The van der Waals surface area contributed by atoms with Crippen molar-refractivity contribution in [3.05, 3.63) is 45.7 Å². The third kappa shape index (κ3) is 2.12. The summed E-state index contributed by atoms with van der Waals surface area (Å²) in [4.78, 5) is 25.3. The molecule has 0 fully saturated rings. The lowest BCUT2D eigenvalue weighted by Crippen LogP contribution is -2.24. The van der Waals surface area contributed by atoms with Crippen molar-refractivity contribution in [2.45, 2.75) is 13.0 Å². The van der Waals surface area contributed by atoms with Crippen molar-refractivity contribution in [1.82, 2.24) is 10.3 Å². The smallest absolute Gasteiger partial charge is 0.325 e. The van der Waals surface area contributed by atoms with Crippen molar-refractivity contribution in [3.8, 4) is 0 Å². The summed E-state index contributed by atoms with van der Waals surface area (Å²) in [6.07, 6.45) is 0. The van der Waals surface area contributed by atoms with Gasteiger partial charge in [0.15, 0.2) is 0 Å². The number of nitrogens with one attached hydrogen (secondary N) is 2. The van der Waals surface area contributed by atoms with Gasteiger partial charge in [0, 0.05) is 11.1 Å². The van der Waals surface area contributed by atoms with Crippen molar-refractivity contribution in [2.75, 3.05) is 7.05 Å². The Morgan fingerprint density at radius 2 is 2.11 bits per heavy atom. The molecule has 0 saturated carbocycles. The lowest BCUT2D eigenvalue weighted by molar-refractivity contribution is -0.139. The molecule has 94 valence electrons. The van der Waals surface area contributed by atoms with Crippen LogP contribution in [0.25, 0.3) is 10.9 Å². The van der Waals surface area contributed by atoms with Crippen LogP contribution in [0.2, 0.25) is 0 Å². The lowest BCUT2D eigenvalue weighted by atomic mass is 10.0. The standard InChI is InChI=1S/C13H14N2O3/c1-7-5-9-6-8(11(14-2)13(17)18)3-4-10(9)15-12(7)16/h3-6,11,14H,1-2H3,(H,15,16)(H,17,18). The molecule has 0 aliphatic rings. The van der Waals surface area contributed by atoms with Crippen molar-refractivity contribution < 1.29 is 9.90 Å². The van der Waals surface area contributed by atoms with Gasteiger partial charge in [-0.1, -0.05) is 6.07 Å². The maximum Gasteiger partial charge on any atom is 0.325 e. The van der Waals surface area contributed by atoms with Crippen LogP contribution in [-0.4, -0.2) is 23.1 Å². The van der Waals surface area contributed by atoms with Crippen molar-refractivity contribution >= 4 is 16.9 Å². The van der Waals surface area contributed by atoms with Gasteiger partial charge in [0.2, 0.25) is 0 Å². The first kappa shape index (κ1) is 12.3. The minimum Gasteiger partial charge on any atom is -0.480 e. The third-order valence-corrected chi connectivity index (χ3v) is 2.92. The maximum absolute atomic E-state index is 11.5. The molecule has 1 unspecified atom stereocenters. The summed E-state index contributed by atoms with van der Waals surface area (Å²) in [5, 5.41) is 12.6. The Labute approximate surface area is 103 Å². The first-order valence-corrected chi connectivity index (χ1v) is 5.56. The molecular formula is C13H14N2O3. The molecule has 2 rings (SSSR count). The van der Waals surface area contributed by atoms with Crippen LogP contribution in [0.15, 0.2) is 29.1 Å². The largest absolute Gasteiger partial charge is 0.480 e. The van der Waals surface area contributed by atoms with Gasteiger partial charge in [-0.2, -0.15) is 0 Å². The molecule has 1 aromatic heterocycles. The SMILES string of the molecule is CNC(C(=O)O)c1ccc2[nH]c(=O)c(C)cc2c1. The molecule has 0 amide bonds. The highest BCUT2D eigenvalue weighted by Gasteiger charge is 2.17. The fourth-order valence-corrected chi connectivity index (χ4v) is 1.95. The quantitative estimate of drug-likeness (QED) is 0.759. The number of aromatic amines is 1. The highest BCUT2D eigenvalue weighted by molar-refractivity contribution is 5.83. The number of carboxylic acids is 1. The Morgan fingerprint density at radius 3 is 2.72 bits per heavy atom. The molecule has 5 heteroatoms. The van der Waals surface area contributed by atoms with Crippen LogP contribution in [0.1, 0.15) is 17.2 Å². The topological polar surface area (TPSA) is 82.2 Å². The van der Waals surface area contributed by atoms with E-state index in [1.807, 2.05) is 0 Å². The molecule has 1 aromatic carbocycles. The van der Waals surface area contributed by atoms with Crippen LogP contribution in [-0.2, 0) is 4.79 Å². The third-order valence-electron chi connectivity index (χ3n) is 2.92. The first-order valence-electron chi connectivity index (χ1n) is 5.56. The zero-order valence-corrected chi connectivity index (χ0v) is 10.2. The molecule has 2 aromatic rings. The van der Waals surface area contributed by atoms with Crippen LogP contribution in [0, 0.1) is 6.92 Å². The zero-order valence-electron chi connectivity index (χ0n) is 10.2. The fraction of sp³-hybridized carbons (Fsp3) is 0.231. The molecule has 5 nitrogen and oxygen atoms in total. The monoisotopic (exact) mass is 246 g/mol. The highest BCUT2D eigenvalue weighted by atomic mass is 16.4. The van der Waals surface area contributed by atoms with Crippen molar-refractivity contribution in [2.24, 2.45) is 0 Å². The Morgan fingerprint density at radius 1 is 1.39 bits per heavy atom. The van der Waals surface area contributed by atoms with E-state index in [9.17, 15) is 9.59 Å². The molecule has 0 aliphatic carbocycles. The van der Waals surface area contributed by atoms with Gasteiger partial charge < -0.3 is 15.4 Å². The van der Waals surface area contributed by atoms with E-state index < -0.39 is 12.0 Å². The molecule has 1 heterocycles. The molecule has 18 heavy (non-hydrogen) atoms. The van der Waals surface area contributed by atoms with E-state index in [-0.39, 0.29) is 5.56 Å². The number of aromatic nitrogens is 1. The molecule has 0 aliphatic heterocycles. The summed E-state index contributed by atoms with van der Waals surface area (Å²) in [7, 11) is 1.60. The van der Waals surface area contributed by atoms with Gasteiger partial charge in [-0.25, -0.2) is 0 Å². The minimum atomic E-state index is -0.932. The Bertz CT molecular complexity index is 661. The number of rotatable bonds is 3. The average molecular weight is 246 g/mol. The predicted molar refractivity (Wildman–Crippen MR) is 68.7 cm³/mol. The maximum atomic E-state index is 11.5. The summed E-state index contributed by atoms with van der Waals surface area (Å²) < 4.78 is 0. The van der Waals surface area contributed by atoms with Crippen molar-refractivity contribution in [1.29, 1.82) is 0 Å². The Balaban J connectivity index is 2.59. The number of carbonyl (C=O) groups is 1. The minimum absolute atomic E-state index is 0.126. The molecule has 1 atom stereocenters. The second kappa shape index (κ2) is 4.62. The summed E-state index contributed by atoms with van der Waals surface area (Å²) in [6, 6.07) is 6.20. The van der Waals surface area contributed by atoms with Gasteiger partial charge in [0.25, 0.3) is 5.56 Å². The van der Waals surface area contributed by atoms with Gasteiger partial charge in [0.1, 0.15) is 6.04 Å². The normalized spacial score (nSPS) is 12.6. The van der Waals surface area contributed by atoms with Gasteiger partial charge in [-0.15, -0.1) is 0 Å². The van der Waals surface area contributed by atoms with Gasteiger partial charge >= 0.3 is 5.97 Å². The number of hydrogen-bond acceptors (Lipinski definition) is 3. The zero-order chi connectivity index (χ0) is 13.3. The molecule has 0 radical (unpaired) electrons. The van der Waals surface area contributed by atoms with Crippen molar-refractivity contribution in [3.63, 3.8) is 0 Å². The highest BCUT2D eigenvalue weighted by Crippen LogP contribution is 2.19. The molecule has 0 bridgehead atoms. The van der Waals surface area contributed by atoms with E-state index in [1.54, 1.807) is 38.2 Å². The summed E-state index contributed by atoms with van der Waals surface area (Å²) in [6.45, 7) is 1.72. The predicted octanol–water partition coefficient (Wildman–Crippen LogP) is 1.18. The van der Waals surface area contributed by atoms with Crippen LogP contribution >= 0.6 is 0 Å². The lowest BCUT2D eigenvalue weighted by Gasteiger charge is -2.12. The van der Waals surface area contributed by atoms with Crippen LogP contribution < -0.4 is 10.9 Å². The second-order valence-corrected chi connectivity index (χ2v) is 4.19. The molecule has 3 N–H and O–H groups in total. The van der Waals surface area contributed by atoms with Crippen LogP contribution in [0.3, 0.4) is 0 Å². The molecular weight excluding hydrogens is 232 g/mol.